The van der Waals surface area contributed by atoms with E-state index >= 15 is 0 Å². The minimum atomic E-state index is -0.628. The largest absolute Gasteiger partial charge is 0.318 e. The molecule has 2 amide bonds. The highest BCUT2D eigenvalue weighted by atomic mass is 79.9. The Hall–Kier alpha value is -3.19. The average molecular weight is 475 g/mol. The number of pyridine rings is 1. The van der Waals surface area contributed by atoms with Crippen LogP contribution in [0.5, 0.6) is 0 Å². The zero-order valence-electron chi connectivity index (χ0n) is 15.1. The van der Waals surface area contributed by atoms with Crippen LogP contribution in [-0.2, 0) is 0 Å². The summed E-state index contributed by atoms with van der Waals surface area (Å²) in [5.74, 6) is 4.64. The lowest BCUT2D eigenvalue weighted by molar-refractivity contribution is -0.373. The molecule has 0 aliphatic heterocycles. The number of amides is 2. The number of anilines is 1. The fourth-order valence-electron chi connectivity index (χ4n) is 2.83. The van der Waals surface area contributed by atoms with Gasteiger partial charge in [-0.25, -0.2) is 10.8 Å². The van der Waals surface area contributed by atoms with Crippen molar-refractivity contribution >= 4 is 45.0 Å². The van der Waals surface area contributed by atoms with Crippen LogP contribution in [0, 0.1) is 18.3 Å². The molecule has 10 heteroatoms. The van der Waals surface area contributed by atoms with Crippen molar-refractivity contribution in [1.29, 1.82) is 5.26 Å². The van der Waals surface area contributed by atoms with Crippen molar-refractivity contribution in [3.8, 4) is 11.9 Å². The molecule has 0 bridgehead atoms. The Morgan fingerprint density at radius 1 is 1.31 bits per heavy atom. The van der Waals surface area contributed by atoms with Crippen LogP contribution in [0.3, 0.4) is 0 Å². The number of halogens is 2. The average Bonchev–Trinajstić information content (AvgIpc) is 3.10. The Bertz CT molecular complexity index is 1170. The summed E-state index contributed by atoms with van der Waals surface area (Å²) >= 11 is 9.62. The molecule has 0 fully saturated rings. The first-order valence-electron chi connectivity index (χ1n) is 8.27. The van der Waals surface area contributed by atoms with Crippen molar-refractivity contribution in [3.63, 3.8) is 0 Å². The van der Waals surface area contributed by atoms with Crippen LogP contribution in [0.4, 0.5) is 5.69 Å². The number of benzene rings is 1. The van der Waals surface area contributed by atoms with Crippen LogP contribution in [0.25, 0.3) is 5.82 Å². The maximum absolute atomic E-state index is 13.1. The van der Waals surface area contributed by atoms with Crippen LogP contribution >= 0.6 is 27.5 Å². The minimum absolute atomic E-state index is 0.0823. The molecule has 29 heavy (non-hydrogen) atoms. The number of carbonyl (C=O) groups excluding carboxylic acids is 2. The van der Waals surface area contributed by atoms with Crippen molar-refractivity contribution in [2.24, 2.45) is 5.84 Å². The maximum atomic E-state index is 13.1. The van der Waals surface area contributed by atoms with E-state index in [4.69, 9.17) is 22.7 Å². The monoisotopic (exact) mass is 473 g/mol. The van der Waals surface area contributed by atoms with Gasteiger partial charge in [-0.3, -0.25) is 15.0 Å². The molecule has 0 spiro atoms. The van der Waals surface area contributed by atoms with Gasteiger partial charge < -0.3 is 5.32 Å². The first kappa shape index (κ1) is 20.5. The number of nitrogen functional groups attached to an aromatic ring is 1. The summed E-state index contributed by atoms with van der Waals surface area (Å²) in [4.78, 5) is 28.2. The fraction of sp³-hybridized carbons (Fsp3) is 0.0526. The molecule has 146 valence electrons. The summed E-state index contributed by atoms with van der Waals surface area (Å²) in [7, 11) is 0. The Balaban J connectivity index is 2.06. The molecule has 0 atom stereocenters. The third-order valence-electron chi connectivity index (χ3n) is 4.12. The third kappa shape index (κ3) is 4.14. The number of hydrogen-bond donors (Lipinski definition) is 3. The summed E-state index contributed by atoms with van der Waals surface area (Å²) in [6.07, 6.45) is 3.37. The van der Waals surface area contributed by atoms with Crippen molar-refractivity contribution < 1.29 is 14.6 Å². The van der Waals surface area contributed by atoms with Gasteiger partial charge in [0.2, 0.25) is 0 Å². The number of aromatic nitrogens is 2. The van der Waals surface area contributed by atoms with Gasteiger partial charge in [-0.1, -0.05) is 11.6 Å². The van der Waals surface area contributed by atoms with Crippen molar-refractivity contribution in [3.05, 3.63) is 74.6 Å². The SMILES string of the molecule is Cc1cc(C#N)cc(C(=O)NN)c1NC(=O)c1cc(Br)cn1-c1[nH+]cccc1Cl. The van der Waals surface area contributed by atoms with E-state index in [1.165, 1.54) is 6.07 Å². The Morgan fingerprint density at radius 3 is 2.72 bits per heavy atom. The maximum Gasteiger partial charge on any atom is 0.303 e. The number of hydrazine groups is 1. The summed E-state index contributed by atoms with van der Waals surface area (Å²) in [5.41, 5.74) is 3.44. The molecule has 8 nitrogen and oxygen atoms in total. The number of nitrogens with one attached hydrogen (secondary N) is 3. The van der Waals surface area contributed by atoms with Gasteiger partial charge in [-0.15, -0.1) is 0 Å². The summed E-state index contributed by atoms with van der Waals surface area (Å²) in [6.45, 7) is 1.68. The van der Waals surface area contributed by atoms with E-state index in [0.29, 0.717) is 20.9 Å². The van der Waals surface area contributed by atoms with E-state index in [0.717, 1.165) is 0 Å². The van der Waals surface area contributed by atoms with E-state index < -0.39 is 11.8 Å². The second-order valence-corrected chi connectivity index (χ2v) is 7.36. The number of carbonyl (C=O) groups is 2. The molecular formula is C19H15BrClN6O2+. The lowest BCUT2D eigenvalue weighted by Crippen LogP contribution is -2.31. The molecular weight excluding hydrogens is 460 g/mol. The first-order valence-corrected chi connectivity index (χ1v) is 9.44. The number of aryl methyl sites for hydroxylation is 1. The van der Waals surface area contributed by atoms with Crippen LogP contribution < -0.4 is 21.6 Å². The fourth-order valence-corrected chi connectivity index (χ4v) is 3.47. The highest BCUT2D eigenvalue weighted by Crippen LogP contribution is 2.26. The Morgan fingerprint density at radius 2 is 2.07 bits per heavy atom. The van der Waals surface area contributed by atoms with Gasteiger partial charge in [-0.2, -0.15) is 9.83 Å². The number of nitriles is 1. The number of hydrogen-bond acceptors (Lipinski definition) is 4. The number of nitrogens with zero attached hydrogens (tertiary/aromatic N) is 2. The smallest absolute Gasteiger partial charge is 0.303 e. The minimum Gasteiger partial charge on any atom is -0.318 e. The summed E-state index contributed by atoms with van der Waals surface area (Å²) < 4.78 is 2.25. The van der Waals surface area contributed by atoms with Gasteiger partial charge in [0.25, 0.3) is 11.8 Å². The molecule has 0 aliphatic rings. The third-order valence-corrected chi connectivity index (χ3v) is 4.86. The zero-order valence-corrected chi connectivity index (χ0v) is 17.4. The topological polar surface area (TPSA) is 127 Å². The number of rotatable bonds is 4. The molecule has 0 unspecified atom stereocenters. The second kappa shape index (κ2) is 8.45. The molecule has 3 rings (SSSR count). The normalized spacial score (nSPS) is 10.3. The molecule has 2 aromatic heterocycles. The Kier molecular flexibility index (Phi) is 5.98. The summed E-state index contributed by atoms with van der Waals surface area (Å²) in [5, 5.41) is 12.3. The van der Waals surface area contributed by atoms with Gasteiger partial charge in [0.1, 0.15) is 11.2 Å². The number of nitrogens with two attached hydrogens (primary N) is 1. The second-order valence-electron chi connectivity index (χ2n) is 6.04. The van der Waals surface area contributed by atoms with Crippen LogP contribution in [0.1, 0.15) is 32.0 Å². The highest BCUT2D eigenvalue weighted by Gasteiger charge is 2.25. The lowest BCUT2D eigenvalue weighted by Gasteiger charge is -2.13. The van der Waals surface area contributed by atoms with Crippen LogP contribution in [0.2, 0.25) is 5.02 Å². The van der Waals surface area contributed by atoms with Gasteiger partial charge in [0.15, 0.2) is 5.69 Å². The molecule has 0 saturated heterocycles. The van der Waals surface area contributed by atoms with E-state index in [1.807, 2.05) is 11.5 Å². The lowest BCUT2D eigenvalue weighted by atomic mass is 10.0. The molecule has 0 aliphatic carbocycles. The van der Waals surface area contributed by atoms with Gasteiger partial charge in [0.05, 0.1) is 33.6 Å². The number of H-pyrrole nitrogens is 1. The van der Waals surface area contributed by atoms with E-state index in [2.05, 4.69) is 26.2 Å². The van der Waals surface area contributed by atoms with Gasteiger partial charge >= 0.3 is 5.82 Å². The van der Waals surface area contributed by atoms with E-state index in [-0.39, 0.29) is 22.5 Å². The molecule has 0 saturated carbocycles. The molecule has 3 aromatic rings. The predicted octanol–water partition coefficient (Wildman–Crippen LogP) is 2.74. The molecule has 1 aromatic carbocycles. The van der Waals surface area contributed by atoms with Crippen LogP contribution in [-0.4, -0.2) is 16.4 Å². The van der Waals surface area contributed by atoms with E-state index in [9.17, 15) is 9.59 Å². The van der Waals surface area contributed by atoms with Crippen molar-refractivity contribution in [2.45, 2.75) is 6.92 Å². The molecule has 5 N–H and O–H groups in total. The standard InChI is InChI=1S/C19H14BrClN6O2/c1-10-5-11(8-22)6-13(18(28)26-23)16(10)25-19(29)15-7-12(20)9-27(15)17-14(21)3-2-4-24-17/h2-7,9H,23H2,1H3,(H,25,29)(H,26,28)/p+1. The number of aromatic amines is 1. The molecule has 0 radical (unpaired) electrons. The summed E-state index contributed by atoms with van der Waals surface area (Å²) in [6, 6.07) is 9.96. The Labute approximate surface area is 179 Å². The highest BCUT2D eigenvalue weighted by molar-refractivity contribution is 9.10. The van der Waals surface area contributed by atoms with Gasteiger partial charge in [-0.05, 0) is 52.7 Å². The zero-order chi connectivity index (χ0) is 21.1. The van der Waals surface area contributed by atoms with Crippen molar-refractivity contribution in [1.82, 2.24) is 9.99 Å². The van der Waals surface area contributed by atoms with E-state index in [1.54, 1.807) is 48.1 Å². The first-order chi connectivity index (χ1) is 13.8. The van der Waals surface area contributed by atoms with Crippen molar-refractivity contribution in [2.75, 3.05) is 5.32 Å². The molecule has 2 heterocycles. The van der Waals surface area contributed by atoms with Gasteiger partial charge in [0, 0.05) is 6.07 Å². The quantitative estimate of drug-likeness (QED) is 0.305. The van der Waals surface area contributed by atoms with Crippen LogP contribution in [0.15, 0.2) is 47.2 Å². The predicted molar refractivity (Wildman–Crippen MR) is 111 cm³/mol.